The van der Waals surface area contributed by atoms with Gasteiger partial charge in [-0.2, -0.15) is 0 Å². The van der Waals surface area contributed by atoms with Crippen molar-refractivity contribution in [2.45, 2.75) is 6.42 Å². The second-order valence-electron chi connectivity index (χ2n) is 5.21. The van der Waals surface area contributed by atoms with Gasteiger partial charge in [0.05, 0.1) is 0 Å². The maximum absolute atomic E-state index is 12.6. The highest BCUT2D eigenvalue weighted by Gasteiger charge is 2.24. The lowest BCUT2D eigenvalue weighted by Crippen LogP contribution is -2.17. The van der Waals surface area contributed by atoms with Crippen LogP contribution in [0.15, 0.2) is 72.8 Å². The monoisotopic (exact) mass is 302 g/mol. The molecule has 2 aromatic carbocycles. The summed E-state index contributed by atoms with van der Waals surface area (Å²) >= 11 is 0. The van der Waals surface area contributed by atoms with E-state index in [2.05, 4.69) is 0 Å². The number of allylic oxidation sites excluding steroid dienone is 4. The van der Waals surface area contributed by atoms with Gasteiger partial charge in [-0.05, 0) is 5.56 Å². The van der Waals surface area contributed by atoms with Gasteiger partial charge in [0, 0.05) is 23.1 Å². The second-order valence-corrected chi connectivity index (χ2v) is 5.21. The summed E-state index contributed by atoms with van der Waals surface area (Å²) in [5, 5.41) is 0. The molecule has 2 aromatic rings. The largest absolute Gasteiger partial charge is 0.294 e. The Hall–Kier alpha value is -3.07. The number of ketones is 3. The first-order chi connectivity index (χ1) is 11.2. The van der Waals surface area contributed by atoms with Crippen molar-refractivity contribution in [2.75, 3.05) is 0 Å². The predicted octanol–water partition coefficient (Wildman–Crippen LogP) is 3.66. The first-order valence-electron chi connectivity index (χ1n) is 7.32. The molecule has 0 fully saturated rings. The van der Waals surface area contributed by atoms with Gasteiger partial charge in [-0.3, -0.25) is 14.4 Å². The van der Waals surface area contributed by atoms with Crippen LogP contribution in [0.25, 0.3) is 5.57 Å². The van der Waals surface area contributed by atoms with Gasteiger partial charge in [0.15, 0.2) is 5.78 Å². The zero-order chi connectivity index (χ0) is 16.2. The van der Waals surface area contributed by atoms with E-state index in [0.29, 0.717) is 23.1 Å². The molecule has 0 aliphatic heterocycles. The number of carbonyl (C=O) groups excluding carboxylic acids is 3. The van der Waals surface area contributed by atoms with E-state index in [1.54, 1.807) is 72.8 Å². The van der Waals surface area contributed by atoms with E-state index >= 15 is 0 Å². The quantitative estimate of drug-likeness (QED) is 0.639. The summed E-state index contributed by atoms with van der Waals surface area (Å²) in [6.07, 6.45) is 5.55. The molecule has 23 heavy (non-hydrogen) atoms. The number of rotatable bonds is 4. The van der Waals surface area contributed by atoms with Crippen molar-refractivity contribution >= 4 is 22.9 Å². The average Bonchev–Trinajstić information content (AvgIpc) is 2.62. The van der Waals surface area contributed by atoms with Gasteiger partial charge in [-0.1, -0.05) is 72.8 Å². The molecule has 0 bridgehead atoms. The normalized spacial score (nSPS) is 13.6. The van der Waals surface area contributed by atoms with Crippen LogP contribution in [-0.4, -0.2) is 17.3 Å². The van der Waals surface area contributed by atoms with Crippen molar-refractivity contribution in [3.05, 3.63) is 89.5 Å². The van der Waals surface area contributed by atoms with Crippen molar-refractivity contribution in [1.82, 2.24) is 0 Å². The van der Waals surface area contributed by atoms with E-state index in [0.717, 1.165) is 0 Å². The molecule has 3 rings (SSSR count). The van der Waals surface area contributed by atoms with Crippen LogP contribution in [0.2, 0.25) is 0 Å². The van der Waals surface area contributed by atoms with Crippen LogP contribution >= 0.6 is 0 Å². The van der Waals surface area contributed by atoms with Crippen molar-refractivity contribution in [1.29, 1.82) is 0 Å². The predicted molar refractivity (Wildman–Crippen MR) is 88.3 cm³/mol. The van der Waals surface area contributed by atoms with Crippen molar-refractivity contribution in [2.24, 2.45) is 0 Å². The first kappa shape index (κ1) is 14.9. The van der Waals surface area contributed by atoms with Crippen LogP contribution in [0.5, 0.6) is 0 Å². The van der Waals surface area contributed by atoms with Crippen molar-refractivity contribution in [3.8, 4) is 0 Å². The topological polar surface area (TPSA) is 51.2 Å². The Kier molecular flexibility index (Phi) is 4.11. The third kappa shape index (κ3) is 2.94. The molecular formula is C20H14O3. The Balaban J connectivity index is 2.03. The molecule has 0 saturated carbocycles. The SMILES string of the molecule is O=C1CC=CC=C1c1ccccc1C(=O)C(=O)c1ccccc1. The van der Waals surface area contributed by atoms with E-state index in [-0.39, 0.29) is 11.3 Å². The van der Waals surface area contributed by atoms with Crippen LogP contribution in [0.4, 0.5) is 0 Å². The number of hydrogen-bond donors (Lipinski definition) is 0. The first-order valence-corrected chi connectivity index (χ1v) is 7.32. The Labute approximate surface area is 134 Å². The third-order valence-corrected chi connectivity index (χ3v) is 3.71. The second kappa shape index (κ2) is 6.36. The molecule has 112 valence electrons. The maximum atomic E-state index is 12.6. The Morgan fingerprint density at radius 3 is 2.26 bits per heavy atom. The zero-order valence-corrected chi connectivity index (χ0v) is 12.4. The number of carbonyl (C=O) groups is 3. The van der Waals surface area contributed by atoms with E-state index in [1.807, 2.05) is 0 Å². The van der Waals surface area contributed by atoms with Crippen molar-refractivity contribution in [3.63, 3.8) is 0 Å². The molecule has 0 atom stereocenters. The molecule has 0 unspecified atom stereocenters. The minimum absolute atomic E-state index is 0.0556. The molecule has 0 spiro atoms. The van der Waals surface area contributed by atoms with Gasteiger partial charge in [-0.25, -0.2) is 0 Å². The van der Waals surface area contributed by atoms with E-state index in [4.69, 9.17) is 0 Å². The molecule has 0 heterocycles. The fourth-order valence-corrected chi connectivity index (χ4v) is 2.54. The number of hydrogen-bond acceptors (Lipinski definition) is 3. The van der Waals surface area contributed by atoms with E-state index < -0.39 is 11.6 Å². The van der Waals surface area contributed by atoms with Crippen LogP contribution in [0.3, 0.4) is 0 Å². The van der Waals surface area contributed by atoms with Gasteiger partial charge < -0.3 is 0 Å². The highest BCUT2D eigenvalue weighted by molar-refractivity contribution is 6.50. The van der Waals surface area contributed by atoms with Gasteiger partial charge in [0.25, 0.3) is 0 Å². The number of benzene rings is 2. The lowest BCUT2D eigenvalue weighted by atomic mass is 9.89. The molecule has 3 heteroatoms. The molecule has 0 saturated heterocycles. The third-order valence-electron chi connectivity index (χ3n) is 3.71. The average molecular weight is 302 g/mol. The Morgan fingerprint density at radius 1 is 0.826 bits per heavy atom. The summed E-state index contributed by atoms with van der Waals surface area (Å²) in [4.78, 5) is 37.1. The summed E-state index contributed by atoms with van der Waals surface area (Å²) < 4.78 is 0. The maximum Gasteiger partial charge on any atom is 0.234 e. The fourth-order valence-electron chi connectivity index (χ4n) is 2.54. The fraction of sp³-hybridized carbons (Fsp3) is 0.0500. The zero-order valence-electron chi connectivity index (χ0n) is 12.4. The van der Waals surface area contributed by atoms with Gasteiger partial charge >= 0.3 is 0 Å². The molecule has 0 radical (unpaired) electrons. The summed E-state index contributed by atoms with van der Waals surface area (Å²) in [6, 6.07) is 15.2. The molecule has 0 aromatic heterocycles. The molecular weight excluding hydrogens is 288 g/mol. The van der Waals surface area contributed by atoms with Crippen LogP contribution in [-0.2, 0) is 4.79 Å². The van der Waals surface area contributed by atoms with Crippen molar-refractivity contribution < 1.29 is 14.4 Å². The Bertz CT molecular complexity index is 842. The van der Waals surface area contributed by atoms with Crippen LogP contribution in [0, 0.1) is 0 Å². The molecule has 1 aliphatic carbocycles. The van der Waals surface area contributed by atoms with E-state index in [9.17, 15) is 14.4 Å². The summed E-state index contributed by atoms with van der Waals surface area (Å²) in [5.41, 5.74) is 1.58. The standard InChI is InChI=1S/C20H14O3/c21-18-13-7-6-11-16(18)15-10-4-5-12-17(15)20(23)19(22)14-8-2-1-3-9-14/h1-12H,13H2. The molecule has 0 N–H and O–H groups in total. The van der Waals surface area contributed by atoms with Gasteiger partial charge in [-0.15, -0.1) is 0 Å². The van der Waals surface area contributed by atoms with E-state index in [1.165, 1.54) is 0 Å². The Morgan fingerprint density at radius 2 is 1.52 bits per heavy atom. The highest BCUT2D eigenvalue weighted by atomic mass is 16.2. The van der Waals surface area contributed by atoms with Gasteiger partial charge in [0.2, 0.25) is 11.6 Å². The molecule has 0 amide bonds. The molecule has 3 nitrogen and oxygen atoms in total. The minimum atomic E-state index is -0.602. The number of Topliss-reactive ketones (excluding diaryl/α,β-unsaturated/α-hetero) is 3. The summed E-state index contributed by atoms with van der Waals surface area (Å²) in [5.74, 6) is -1.23. The highest BCUT2D eigenvalue weighted by Crippen LogP contribution is 2.25. The van der Waals surface area contributed by atoms with Gasteiger partial charge in [0.1, 0.15) is 0 Å². The minimum Gasteiger partial charge on any atom is -0.294 e. The van der Waals surface area contributed by atoms with Crippen LogP contribution in [0.1, 0.15) is 32.7 Å². The summed E-state index contributed by atoms with van der Waals surface area (Å²) in [6.45, 7) is 0. The van der Waals surface area contributed by atoms with Crippen LogP contribution < -0.4 is 0 Å². The molecule has 1 aliphatic rings. The summed E-state index contributed by atoms with van der Waals surface area (Å²) in [7, 11) is 0. The lowest BCUT2D eigenvalue weighted by molar-refractivity contribution is -0.113. The smallest absolute Gasteiger partial charge is 0.234 e. The lowest BCUT2D eigenvalue weighted by Gasteiger charge is -2.12.